The number of fused-ring (bicyclic) bond motifs is 3. The highest BCUT2D eigenvalue weighted by Gasteiger charge is 2.37. The van der Waals surface area contributed by atoms with E-state index in [0.717, 1.165) is 0 Å². The summed E-state index contributed by atoms with van der Waals surface area (Å²) in [5.74, 6) is -0.640. The number of carbonyl (C=O) groups excluding carboxylic acids is 2. The van der Waals surface area contributed by atoms with Crippen LogP contribution in [0.1, 0.15) is 27.1 Å². The van der Waals surface area contributed by atoms with Gasteiger partial charge in [-0.25, -0.2) is 0 Å². The largest absolute Gasteiger partial charge is 0.507 e. The first-order chi connectivity index (χ1) is 10.1. The molecule has 2 amide bonds. The molecule has 5 heteroatoms. The average Bonchev–Trinajstić information content (AvgIpc) is 2.72. The molecule has 0 aliphatic carbocycles. The fraction of sp³-hybridized carbons (Fsp3) is 0.250. The minimum atomic E-state index is -0.354. The number of aromatic hydroxyl groups is 1. The van der Waals surface area contributed by atoms with Crippen LogP contribution in [0.3, 0.4) is 0 Å². The predicted molar refractivity (Wildman–Crippen MR) is 77.5 cm³/mol. The van der Waals surface area contributed by atoms with Gasteiger partial charge in [-0.3, -0.25) is 14.5 Å². The molecule has 1 heterocycles. The van der Waals surface area contributed by atoms with E-state index in [2.05, 4.69) is 0 Å². The molecule has 1 aliphatic heterocycles. The Labute approximate surface area is 121 Å². The Morgan fingerprint density at radius 2 is 1.86 bits per heavy atom. The van der Waals surface area contributed by atoms with Crippen molar-refractivity contribution in [2.75, 3.05) is 20.3 Å². The number of imide groups is 1. The third kappa shape index (κ3) is 2.06. The first-order valence-corrected chi connectivity index (χ1v) is 6.75. The van der Waals surface area contributed by atoms with Crippen LogP contribution in [-0.2, 0) is 4.74 Å². The quantitative estimate of drug-likeness (QED) is 0.690. The molecular formula is C16H15NO4. The van der Waals surface area contributed by atoms with Crippen molar-refractivity contribution in [3.05, 3.63) is 41.5 Å². The maximum absolute atomic E-state index is 12.5. The lowest BCUT2D eigenvalue weighted by molar-refractivity contribution is 0.0639. The van der Waals surface area contributed by atoms with Crippen LogP contribution in [0.15, 0.2) is 30.3 Å². The van der Waals surface area contributed by atoms with Gasteiger partial charge in [-0.1, -0.05) is 24.3 Å². The highest BCUT2D eigenvalue weighted by Crippen LogP contribution is 2.35. The molecule has 0 bridgehead atoms. The Bertz CT molecular complexity index is 738. The van der Waals surface area contributed by atoms with Gasteiger partial charge >= 0.3 is 0 Å². The molecule has 0 fully saturated rings. The van der Waals surface area contributed by atoms with Crippen molar-refractivity contribution in [2.24, 2.45) is 0 Å². The maximum atomic E-state index is 12.5. The summed E-state index contributed by atoms with van der Waals surface area (Å²) in [7, 11) is 1.58. The molecule has 0 saturated heterocycles. The number of benzene rings is 2. The van der Waals surface area contributed by atoms with E-state index < -0.39 is 0 Å². The van der Waals surface area contributed by atoms with E-state index in [0.29, 0.717) is 35.9 Å². The highest BCUT2D eigenvalue weighted by molar-refractivity contribution is 6.27. The number of phenols is 1. The first kappa shape index (κ1) is 13.6. The zero-order chi connectivity index (χ0) is 15.0. The maximum Gasteiger partial charge on any atom is 0.262 e. The number of hydrogen-bond donors (Lipinski definition) is 1. The summed E-state index contributed by atoms with van der Waals surface area (Å²) in [4.78, 5) is 26.1. The van der Waals surface area contributed by atoms with E-state index in [1.54, 1.807) is 31.4 Å². The molecule has 3 rings (SSSR count). The summed E-state index contributed by atoms with van der Waals surface area (Å²) < 4.78 is 4.95. The molecule has 0 aromatic heterocycles. The van der Waals surface area contributed by atoms with Crippen molar-refractivity contribution in [2.45, 2.75) is 6.42 Å². The standard InChI is InChI=1S/C16H15NO4/c1-21-8-4-7-17-15(19)12-9-13(18)10-5-2-3-6-11(10)14(12)16(17)20/h2-3,5-6,9,18H,4,7-8H2,1H3. The second-order valence-corrected chi connectivity index (χ2v) is 4.97. The summed E-state index contributed by atoms with van der Waals surface area (Å²) in [5.41, 5.74) is 0.652. The topological polar surface area (TPSA) is 66.8 Å². The van der Waals surface area contributed by atoms with Crippen molar-refractivity contribution in [1.29, 1.82) is 0 Å². The van der Waals surface area contributed by atoms with E-state index in [1.807, 2.05) is 0 Å². The molecule has 5 nitrogen and oxygen atoms in total. The molecule has 0 spiro atoms. The van der Waals surface area contributed by atoms with Gasteiger partial charge in [0.1, 0.15) is 5.75 Å². The number of phenolic OH excluding ortho intramolecular Hbond substituents is 1. The Morgan fingerprint density at radius 3 is 2.57 bits per heavy atom. The SMILES string of the molecule is COCCCN1C(=O)c2cc(O)c3ccccc3c2C1=O. The summed E-state index contributed by atoms with van der Waals surface area (Å²) in [6.45, 7) is 0.800. The van der Waals surface area contributed by atoms with Crippen LogP contribution >= 0.6 is 0 Å². The fourth-order valence-electron chi connectivity index (χ4n) is 2.70. The minimum absolute atomic E-state index is 0.0178. The van der Waals surface area contributed by atoms with Crippen molar-refractivity contribution in [3.8, 4) is 5.75 Å². The first-order valence-electron chi connectivity index (χ1n) is 6.75. The van der Waals surface area contributed by atoms with E-state index in [-0.39, 0.29) is 23.1 Å². The third-order valence-electron chi connectivity index (χ3n) is 3.69. The van der Waals surface area contributed by atoms with Crippen molar-refractivity contribution in [1.82, 2.24) is 4.90 Å². The Kier molecular flexibility index (Phi) is 3.35. The lowest BCUT2D eigenvalue weighted by Crippen LogP contribution is -2.31. The number of nitrogens with zero attached hydrogens (tertiary/aromatic N) is 1. The lowest BCUT2D eigenvalue weighted by atomic mass is 9.99. The van der Waals surface area contributed by atoms with E-state index >= 15 is 0 Å². The fourth-order valence-corrected chi connectivity index (χ4v) is 2.70. The monoisotopic (exact) mass is 285 g/mol. The zero-order valence-corrected chi connectivity index (χ0v) is 11.6. The van der Waals surface area contributed by atoms with Crippen LogP contribution in [0, 0.1) is 0 Å². The van der Waals surface area contributed by atoms with Crippen molar-refractivity contribution >= 4 is 22.6 Å². The summed E-state index contributed by atoms with van der Waals surface area (Å²) in [6, 6.07) is 8.43. The minimum Gasteiger partial charge on any atom is -0.507 e. The molecular weight excluding hydrogens is 270 g/mol. The van der Waals surface area contributed by atoms with Crippen LogP contribution < -0.4 is 0 Å². The molecule has 0 atom stereocenters. The van der Waals surface area contributed by atoms with Gasteiger partial charge in [0.15, 0.2) is 0 Å². The smallest absolute Gasteiger partial charge is 0.262 e. The van der Waals surface area contributed by atoms with Crippen molar-refractivity contribution < 1.29 is 19.4 Å². The lowest BCUT2D eigenvalue weighted by Gasteiger charge is -2.12. The molecule has 21 heavy (non-hydrogen) atoms. The summed E-state index contributed by atoms with van der Waals surface area (Å²) in [5, 5.41) is 11.2. The zero-order valence-electron chi connectivity index (χ0n) is 11.6. The second-order valence-electron chi connectivity index (χ2n) is 4.97. The van der Waals surface area contributed by atoms with Crippen molar-refractivity contribution in [3.63, 3.8) is 0 Å². The Hall–Kier alpha value is -2.40. The number of rotatable bonds is 4. The number of methoxy groups -OCH3 is 1. The third-order valence-corrected chi connectivity index (χ3v) is 3.69. The molecule has 0 unspecified atom stereocenters. The molecule has 0 saturated carbocycles. The molecule has 2 aromatic carbocycles. The predicted octanol–water partition coefficient (Wildman–Crippen LogP) is 2.18. The van der Waals surface area contributed by atoms with Gasteiger partial charge in [0.2, 0.25) is 0 Å². The van der Waals surface area contributed by atoms with Gasteiger partial charge < -0.3 is 9.84 Å². The van der Waals surface area contributed by atoms with Gasteiger partial charge in [0.25, 0.3) is 11.8 Å². The van der Waals surface area contributed by atoms with Gasteiger partial charge in [0, 0.05) is 25.6 Å². The highest BCUT2D eigenvalue weighted by atomic mass is 16.5. The van der Waals surface area contributed by atoms with Crippen LogP contribution in [-0.4, -0.2) is 42.1 Å². The molecule has 1 N–H and O–H groups in total. The number of hydrogen-bond acceptors (Lipinski definition) is 4. The summed E-state index contributed by atoms with van der Waals surface area (Å²) >= 11 is 0. The second kappa shape index (κ2) is 5.18. The van der Waals surface area contributed by atoms with Crippen LogP contribution in [0.25, 0.3) is 10.8 Å². The van der Waals surface area contributed by atoms with E-state index in [4.69, 9.17) is 4.74 Å². The average molecular weight is 285 g/mol. The van der Waals surface area contributed by atoms with Gasteiger partial charge in [-0.15, -0.1) is 0 Å². The van der Waals surface area contributed by atoms with E-state index in [1.165, 1.54) is 11.0 Å². The Balaban J connectivity index is 2.08. The number of carbonyl (C=O) groups is 2. The van der Waals surface area contributed by atoms with Crippen LogP contribution in [0.5, 0.6) is 5.75 Å². The molecule has 0 radical (unpaired) electrons. The van der Waals surface area contributed by atoms with Crippen LogP contribution in [0.4, 0.5) is 0 Å². The number of ether oxygens (including phenoxy) is 1. The van der Waals surface area contributed by atoms with E-state index in [9.17, 15) is 14.7 Å². The molecule has 108 valence electrons. The van der Waals surface area contributed by atoms with Gasteiger partial charge in [0.05, 0.1) is 11.1 Å². The van der Waals surface area contributed by atoms with Gasteiger partial charge in [-0.05, 0) is 17.9 Å². The van der Waals surface area contributed by atoms with Crippen LogP contribution in [0.2, 0.25) is 0 Å². The molecule has 2 aromatic rings. The Morgan fingerprint density at radius 1 is 1.14 bits per heavy atom. The molecule has 1 aliphatic rings. The van der Waals surface area contributed by atoms with Gasteiger partial charge in [-0.2, -0.15) is 0 Å². The normalized spacial score (nSPS) is 14.0. The number of amides is 2. The summed E-state index contributed by atoms with van der Waals surface area (Å²) in [6.07, 6.45) is 0.589.